The molecule has 0 aromatic heterocycles. The third-order valence-corrected chi connectivity index (χ3v) is 6.58. The number of hydrogen-bond acceptors (Lipinski definition) is 3. The third-order valence-electron chi connectivity index (χ3n) is 6.58. The second-order valence-electron chi connectivity index (χ2n) is 9.53. The standard InChI is InChI=1S/C23H41N3O3/c1-4-5-11-18(21(24)27)19(14-16(2)3)22(28)25-20-12-6-7-13-26(23(20)29)15-17-9-8-10-17/h16-20H,4-15H2,1-3H3,(H2,24,27)(H,25,28)/t18-,19+,20-/m0/s1. The van der Waals surface area contributed by atoms with E-state index < -0.39 is 23.8 Å². The van der Waals surface area contributed by atoms with E-state index in [1.807, 2.05) is 4.90 Å². The summed E-state index contributed by atoms with van der Waals surface area (Å²) >= 11 is 0. The van der Waals surface area contributed by atoms with E-state index in [9.17, 15) is 14.4 Å². The molecule has 2 rings (SSSR count). The molecule has 0 aromatic carbocycles. The van der Waals surface area contributed by atoms with Crippen LogP contribution in [0.5, 0.6) is 0 Å². The predicted octanol–water partition coefficient (Wildman–Crippen LogP) is 3.24. The summed E-state index contributed by atoms with van der Waals surface area (Å²) in [7, 11) is 0. The van der Waals surface area contributed by atoms with Gasteiger partial charge in [0, 0.05) is 24.9 Å². The zero-order chi connectivity index (χ0) is 21.4. The van der Waals surface area contributed by atoms with Crippen LogP contribution in [-0.2, 0) is 14.4 Å². The molecular formula is C23H41N3O3. The summed E-state index contributed by atoms with van der Waals surface area (Å²) in [4.78, 5) is 40.4. The Morgan fingerprint density at radius 2 is 1.86 bits per heavy atom. The molecule has 3 atom stereocenters. The number of likely N-dealkylation sites (tertiary alicyclic amines) is 1. The second-order valence-corrected chi connectivity index (χ2v) is 9.53. The Labute approximate surface area is 176 Å². The minimum atomic E-state index is -0.473. The first kappa shape index (κ1) is 23.7. The lowest BCUT2D eigenvalue weighted by molar-refractivity contribution is -0.139. The molecule has 0 spiro atoms. The van der Waals surface area contributed by atoms with Crippen LogP contribution >= 0.6 is 0 Å². The van der Waals surface area contributed by atoms with E-state index in [0.717, 1.165) is 38.8 Å². The summed E-state index contributed by atoms with van der Waals surface area (Å²) in [6, 6.07) is -0.473. The van der Waals surface area contributed by atoms with Crippen LogP contribution in [0.15, 0.2) is 0 Å². The van der Waals surface area contributed by atoms with Crippen molar-refractivity contribution in [1.29, 1.82) is 0 Å². The monoisotopic (exact) mass is 407 g/mol. The highest BCUT2D eigenvalue weighted by molar-refractivity contribution is 5.91. The molecule has 1 saturated heterocycles. The molecule has 1 heterocycles. The first-order valence-electron chi connectivity index (χ1n) is 11.7. The van der Waals surface area contributed by atoms with Gasteiger partial charge in [-0.2, -0.15) is 0 Å². The van der Waals surface area contributed by atoms with Gasteiger partial charge in [0.05, 0.1) is 0 Å². The lowest BCUT2D eigenvalue weighted by Gasteiger charge is -2.33. The molecule has 1 aliphatic carbocycles. The van der Waals surface area contributed by atoms with Crippen molar-refractivity contribution in [2.24, 2.45) is 29.4 Å². The number of hydrogen-bond donors (Lipinski definition) is 2. The number of rotatable bonds is 11. The fraction of sp³-hybridized carbons (Fsp3) is 0.870. The van der Waals surface area contributed by atoms with Crippen LogP contribution in [0.2, 0.25) is 0 Å². The number of carbonyl (C=O) groups is 3. The Hall–Kier alpha value is -1.59. The highest BCUT2D eigenvalue weighted by atomic mass is 16.2. The van der Waals surface area contributed by atoms with E-state index in [0.29, 0.717) is 25.2 Å². The molecule has 6 heteroatoms. The van der Waals surface area contributed by atoms with E-state index in [2.05, 4.69) is 26.1 Å². The highest BCUT2D eigenvalue weighted by Gasteiger charge is 2.36. The SMILES string of the molecule is CCCC[C@H](C(N)=O)[C@@H](CC(C)C)C(=O)N[C@H]1CCCCN(CC2CCC2)C1=O. The van der Waals surface area contributed by atoms with Gasteiger partial charge in [0.25, 0.3) is 0 Å². The first-order valence-corrected chi connectivity index (χ1v) is 11.7. The molecule has 0 unspecified atom stereocenters. The zero-order valence-electron chi connectivity index (χ0n) is 18.6. The second kappa shape index (κ2) is 11.6. The number of nitrogens with zero attached hydrogens (tertiary/aromatic N) is 1. The molecule has 1 saturated carbocycles. The predicted molar refractivity (Wildman–Crippen MR) is 115 cm³/mol. The van der Waals surface area contributed by atoms with Gasteiger partial charge in [-0.15, -0.1) is 0 Å². The number of amides is 3. The van der Waals surface area contributed by atoms with Crippen molar-refractivity contribution < 1.29 is 14.4 Å². The Balaban J connectivity index is 2.08. The third kappa shape index (κ3) is 7.00. The summed E-state index contributed by atoms with van der Waals surface area (Å²) < 4.78 is 0. The maximum Gasteiger partial charge on any atom is 0.245 e. The normalized spacial score (nSPS) is 22.7. The van der Waals surface area contributed by atoms with Crippen LogP contribution < -0.4 is 11.1 Å². The van der Waals surface area contributed by atoms with Crippen LogP contribution in [0, 0.1) is 23.7 Å². The van der Waals surface area contributed by atoms with Crippen LogP contribution in [0.3, 0.4) is 0 Å². The smallest absolute Gasteiger partial charge is 0.245 e. The van der Waals surface area contributed by atoms with Crippen molar-refractivity contribution in [3.63, 3.8) is 0 Å². The van der Waals surface area contributed by atoms with Crippen LogP contribution in [-0.4, -0.2) is 41.8 Å². The molecule has 0 aromatic rings. The Morgan fingerprint density at radius 3 is 2.41 bits per heavy atom. The van der Waals surface area contributed by atoms with Crippen LogP contribution in [0.1, 0.15) is 85.0 Å². The summed E-state index contributed by atoms with van der Waals surface area (Å²) in [6.45, 7) is 7.78. The van der Waals surface area contributed by atoms with E-state index in [1.165, 1.54) is 19.3 Å². The number of unbranched alkanes of at least 4 members (excludes halogenated alkanes) is 1. The minimum absolute atomic E-state index is 0.0511. The average Bonchev–Trinajstić information content (AvgIpc) is 2.79. The number of nitrogens with one attached hydrogen (secondary N) is 1. The Morgan fingerprint density at radius 1 is 1.14 bits per heavy atom. The van der Waals surface area contributed by atoms with E-state index in [1.54, 1.807) is 0 Å². The van der Waals surface area contributed by atoms with Gasteiger partial charge in [-0.3, -0.25) is 14.4 Å². The number of carbonyl (C=O) groups excluding carboxylic acids is 3. The van der Waals surface area contributed by atoms with Crippen molar-refractivity contribution in [2.75, 3.05) is 13.1 Å². The summed E-state index contributed by atoms with van der Waals surface area (Å²) in [5, 5.41) is 3.03. The highest BCUT2D eigenvalue weighted by Crippen LogP contribution is 2.29. The van der Waals surface area contributed by atoms with Gasteiger partial charge in [-0.1, -0.05) is 40.0 Å². The number of primary amides is 1. The van der Waals surface area contributed by atoms with Crippen LogP contribution in [0.25, 0.3) is 0 Å². The van der Waals surface area contributed by atoms with E-state index in [-0.39, 0.29) is 17.7 Å². The summed E-state index contributed by atoms with van der Waals surface area (Å²) in [5.41, 5.74) is 5.68. The van der Waals surface area contributed by atoms with E-state index in [4.69, 9.17) is 5.73 Å². The number of nitrogens with two attached hydrogens (primary N) is 1. The molecule has 2 fully saturated rings. The van der Waals surface area contributed by atoms with E-state index >= 15 is 0 Å². The Bertz CT molecular complexity index is 560. The van der Waals surface area contributed by atoms with Crippen molar-refractivity contribution in [3.8, 4) is 0 Å². The molecule has 2 aliphatic rings. The molecule has 0 bridgehead atoms. The largest absolute Gasteiger partial charge is 0.369 e. The molecule has 166 valence electrons. The maximum absolute atomic E-state index is 13.2. The lowest BCUT2D eigenvalue weighted by Crippen LogP contribution is -2.52. The van der Waals surface area contributed by atoms with Crippen molar-refractivity contribution in [3.05, 3.63) is 0 Å². The lowest BCUT2D eigenvalue weighted by atomic mass is 9.81. The summed E-state index contributed by atoms with van der Waals surface area (Å²) in [6.07, 6.45) is 9.32. The fourth-order valence-corrected chi connectivity index (χ4v) is 4.61. The molecular weight excluding hydrogens is 366 g/mol. The molecule has 29 heavy (non-hydrogen) atoms. The van der Waals surface area contributed by atoms with Gasteiger partial charge >= 0.3 is 0 Å². The minimum Gasteiger partial charge on any atom is -0.369 e. The van der Waals surface area contributed by atoms with Gasteiger partial charge in [-0.25, -0.2) is 0 Å². The van der Waals surface area contributed by atoms with Gasteiger partial charge in [0.2, 0.25) is 17.7 Å². The van der Waals surface area contributed by atoms with Gasteiger partial charge in [-0.05, 0) is 56.8 Å². The quantitative estimate of drug-likeness (QED) is 0.551. The fourth-order valence-electron chi connectivity index (χ4n) is 4.61. The molecule has 1 aliphatic heterocycles. The maximum atomic E-state index is 13.2. The van der Waals surface area contributed by atoms with Crippen LogP contribution in [0.4, 0.5) is 0 Å². The zero-order valence-corrected chi connectivity index (χ0v) is 18.6. The molecule has 0 radical (unpaired) electrons. The van der Waals surface area contributed by atoms with Gasteiger partial charge in [0.1, 0.15) is 6.04 Å². The molecule has 3 N–H and O–H groups in total. The molecule has 6 nitrogen and oxygen atoms in total. The first-order chi connectivity index (χ1) is 13.8. The van der Waals surface area contributed by atoms with Crippen molar-refractivity contribution in [2.45, 2.75) is 91.0 Å². The molecule has 3 amide bonds. The van der Waals surface area contributed by atoms with Crippen molar-refractivity contribution in [1.82, 2.24) is 10.2 Å². The average molecular weight is 408 g/mol. The van der Waals surface area contributed by atoms with Crippen molar-refractivity contribution >= 4 is 17.7 Å². The topological polar surface area (TPSA) is 92.5 Å². The Kier molecular flexibility index (Phi) is 9.44. The van der Waals surface area contributed by atoms with Gasteiger partial charge in [0.15, 0.2) is 0 Å². The summed E-state index contributed by atoms with van der Waals surface area (Å²) in [5.74, 6) is -0.570. The van der Waals surface area contributed by atoms with Gasteiger partial charge < -0.3 is 16.0 Å².